The molecule has 2 rings (SSSR count). The molecule has 0 N–H and O–H groups in total. The molecule has 1 aliphatic rings. The zero-order valence-corrected chi connectivity index (χ0v) is 14.6. The minimum Gasteiger partial charge on any atom is -0.465 e. The SMILES string of the molecule is CCOC(=O)C1(S(C)=O)CCN(C(=O)c2ccccc2C)CC1. The lowest BCUT2D eigenvalue weighted by molar-refractivity contribution is -0.147. The first-order valence-electron chi connectivity index (χ1n) is 7.78. The zero-order valence-electron chi connectivity index (χ0n) is 13.8. The lowest BCUT2D eigenvalue weighted by atomic mass is 9.94. The second-order valence-corrected chi connectivity index (χ2v) is 7.47. The number of hydrogen-bond acceptors (Lipinski definition) is 4. The molecule has 1 unspecified atom stereocenters. The van der Waals surface area contributed by atoms with Crippen molar-refractivity contribution in [2.24, 2.45) is 0 Å². The van der Waals surface area contributed by atoms with E-state index in [2.05, 4.69) is 0 Å². The highest BCUT2D eigenvalue weighted by atomic mass is 32.2. The molecule has 1 fully saturated rings. The number of likely N-dealkylation sites (tertiary alicyclic amines) is 1. The van der Waals surface area contributed by atoms with Crippen LogP contribution in [0.25, 0.3) is 0 Å². The maximum absolute atomic E-state index is 12.6. The van der Waals surface area contributed by atoms with Gasteiger partial charge in [0.2, 0.25) is 0 Å². The van der Waals surface area contributed by atoms with Crippen LogP contribution in [0.3, 0.4) is 0 Å². The number of rotatable bonds is 4. The first-order valence-corrected chi connectivity index (χ1v) is 9.34. The average molecular weight is 337 g/mol. The van der Waals surface area contributed by atoms with E-state index in [1.165, 1.54) is 6.26 Å². The van der Waals surface area contributed by atoms with Crippen LogP contribution in [0.5, 0.6) is 0 Å². The zero-order chi connectivity index (χ0) is 17.0. The van der Waals surface area contributed by atoms with Crippen molar-refractivity contribution >= 4 is 22.7 Å². The summed E-state index contributed by atoms with van der Waals surface area (Å²) >= 11 is 0. The van der Waals surface area contributed by atoms with Crippen molar-refractivity contribution in [3.63, 3.8) is 0 Å². The van der Waals surface area contributed by atoms with Crippen LogP contribution < -0.4 is 0 Å². The Kier molecular flexibility index (Phi) is 5.57. The molecule has 0 aliphatic carbocycles. The Morgan fingerprint density at radius 3 is 2.39 bits per heavy atom. The smallest absolute Gasteiger partial charge is 0.324 e. The van der Waals surface area contributed by atoms with Gasteiger partial charge in [0.1, 0.15) is 4.75 Å². The molecular formula is C17H23NO4S. The number of carbonyl (C=O) groups excluding carboxylic acids is 2. The van der Waals surface area contributed by atoms with Gasteiger partial charge in [-0.3, -0.25) is 13.8 Å². The molecule has 5 nitrogen and oxygen atoms in total. The molecule has 1 aromatic rings. The van der Waals surface area contributed by atoms with Gasteiger partial charge in [-0.25, -0.2) is 0 Å². The fraction of sp³-hybridized carbons (Fsp3) is 0.529. The van der Waals surface area contributed by atoms with Gasteiger partial charge in [-0.1, -0.05) is 18.2 Å². The summed E-state index contributed by atoms with van der Waals surface area (Å²) in [5.41, 5.74) is 1.60. The van der Waals surface area contributed by atoms with Crippen molar-refractivity contribution in [1.29, 1.82) is 0 Å². The predicted molar refractivity (Wildman–Crippen MR) is 89.7 cm³/mol. The maximum Gasteiger partial charge on any atom is 0.324 e. The van der Waals surface area contributed by atoms with Crippen molar-refractivity contribution < 1.29 is 18.5 Å². The van der Waals surface area contributed by atoms with Crippen LogP contribution >= 0.6 is 0 Å². The minimum atomic E-state index is -1.33. The summed E-state index contributed by atoms with van der Waals surface area (Å²) in [5.74, 6) is -0.453. The van der Waals surface area contributed by atoms with Gasteiger partial charge in [0.15, 0.2) is 0 Å². The van der Waals surface area contributed by atoms with Gasteiger partial charge in [0.05, 0.1) is 6.61 Å². The number of esters is 1. The summed E-state index contributed by atoms with van der Waals surface area (Å²) in [5, 5.41) is 0. The molecule has 1 atom stereocenters. The van der Waals surface area contributed by atoms with E-state index in [1.807, 2.05) is 31.2 Å². The Balaban J connectivity index is 2.13. The van der Waals surface area contributed by atoms with E-state index in [0.717, 1.165) is 5.56 Å². The van der Waals surface area contributed by atoms with E-state index in [4.69, 9.17) is 4.74 Å². The van der Waals surface area contributed by atoms with E-state index in [-0.39, 0.29) is 12.5 Å². The molecule has 126 valence electrons. The van der Waals surface area contributed by atoms with Crippen LogP contribution in [0.1, 0.15) is 35.7 Å². The lowest BCUT2D eigenvalue weighted by Gasteiger charge is -2.38. The summed E-state index contributed by atoms with van der Waals surface area (Å²) in [6, 6.07) is 7.45. The fourth-order valence-electron chi connectivity index (χ4n) is 2.93. The summed E-state index contributed by atoms with van der Waals surface area (Å²) in [4.78, 5) is 26.6. The quantitative estimate of drug-likeness (QED) is 0.788. The van der Waals surface area contributed by atoms with Crippen LogP contribution in [0.4, 0.5) is 0 Å². The Morgan fingerprint density at radius 1 is 1.26 bits per heavy atom. The molecule has 1 saturated heterocycles. The third-order valence-corrected chi connectivity index (χ3v) is 6.11. The second kappa shape index (κ2) is 7.25. The first-order chi connectivity index (χ1) is 10.9. The number of ether oxygens (including phenoxy) is 1. The number of piperidine rings is 1. The van der Waals surface area contributed by atoms with E-state index >= 15 is 0 Å². The van der Waals surface area contributed by atoms with Crippen LogP contribution in [0, 0.1) is 6.92 Å². The monoisotopic (exact) mass is 337 g/mol. The van der Waals surface area contributed by atoms with Crippen LogP contribution in [0.2, 0.25) is 0 Å². The molecule has 0 saturated carbocycles. The largest absolute Gasteiger partial charge is 0.465 e. The Morgan fingerprint density at radius 2 is 1.87 bits per heavy atom. The maximum atomic E-state index is 12.6. The Bertz CT molecular complexity index is 621. The van der Waals surface area contributed by atoms with Gasteiger partial charge in [-0.2, -0.15) is 0 Å². The van der Waals surface area contributed by atoms with E-state index in [0.29, 0.717) is 31.5 Å². The molecule has 6 heteroatoms. The van der Waals surface area contributed by atoms with Gasteiger partial charge in [0.25, 0.3) is 5.91 Å². The van der Waals surface area contributed by atoms with E-state index < -0.39 is 21.5 Å². The van der Waals surface area contributed by atoms with Crippen molar-refractivity contribution in [2.45, 2.75) is 31.4 Å². The molecule has 1 amide bonds. The van der Waals surface area contributed by atoms with Gasteiger partial charge >= 0.3 is 5.97 Å². The highest BCUT2D eigenvalue weighted by molar-refractivity contribution is 7.86. The minimum absolute atomic E-state index is 0.0394. The lowest BCUT2D eigenvalue weighted by Crippen LogP contribution is -2.53. The van der Waals surface area contributed by atoms with E-state index in [1.54, 1.807) is 11.8 Å². The predicted octanol–water partition coefficient (Wildman–Crippen LogP) is 1.91. The summed E-state index contributed by atoms with van der Waals surface area (Å²) < 4.78 is 16.3. The molecular weight excluding hydrogens is 314 g/mol. The molecule has 0 radical (unpaired) electrons. The molecule has 1 aromatic carbocycles. The third kappa shape index (κ3) is 3.47. The molecule has 0 spiro atoms. The van der Waals surface area contributed by atoms with Gasteiger partial charge in [-0.15, -0.1) is 0 Å². The van der Waals surface area contributed by atoms with Gasteiger partial charge in [0, 0.05) is 35.7 Å². The molecule has 0 bridgehead atoms. The number of carbonyl (C=O) groups is 2. The van der Waals surface area contributed by atoms with Crippen LogP contribution in [-0.4, -0.2) is 51.7 Å². The topological polar surface area (TPSA) is 63.7 Å². The standard InChI is InChI=1S/C17H23NO4S/c1-4-22-16(20)17(23(3)21)9-11-18(12-10-17)15(19)14-8-6-5-7-13(14)2/h5-8H,4,9-12H2,1-3H3. The van der Waals surface area contributed by atoms with Crippen molar-refractivity contribution in [3.8, 4) is 0 Å². The number of aryl methyl sites for hydroxylation is 1. The second-order valence-electron chi connectivity index (χ2n) is 5.78. The summed E-state index contributed by atoms with van der Waals surface area (Å²) in [6.45, 7) is 4.73. The number of benzene rings is 1. The number of nitrogens with zero attached hydrogens (tertiary/aromatic N) is 1. The highest BCUT2D eigenvalue weighted by Gasteiger charge is 2.47. The van der Waals surface area contributed by atoms with Crippen molar-refractivity contribution in [3.05, 3.63) is 35.4 Å². The third-order valence-electron chi connectivity index (χ3n) is 4.43. The van der Waals surface area contributed by atoms with Crippen molar-refractivity contribution in [2.75, 3.05) is 26.0 Å². The Hall–Kier alpha value is -1.69. The molecule has 1 heterocycles. The molecule has 0 aromatic heterocycles. The first kappa shape index (κ1) is 17.7. The number of amides is 1. The van der Waals surface area contributed by atoms with E-state index in [9.17, 15) is 13.8 Å². The van der Waals surface area contributed by atoms with Crippen LogP contribution in [0.15, 0.2) is 24.3 Å². The summed E-state index contributed by atoms with van der Waals surface area (Å²) in [7, 11) is -1.33. The van der Waals surface area contributed by atoms with Crippen LogP contribution in [-0.2, 0) is 20.3 Å². The average Bonchev–Trinajstić information content (AvgIpc) is 2.54. The fourth-order valence-corrected chi connectivity index (χ4v) is 3.98. The Labute approximate surface area is 139 Å². The van der Waals surface area contributed by atoms with Gasteiger partial charge in [-0.05, 0) is 38.3 Å². The van der Waals surface area contributed by atoms with Gasteiger partial charge < -0.3 is 9.64 Å². The molecule has 1 aliphatic heterocycles. The summed E-state index contributed by atoms with van der Waals surface area (Å²) in [6.07, 6.45) is 2.27. The number of hydrogen-bond donors (Lipinski definition) is 0. The molecule has 23 heavy (non-hydrogen) atoms. The van der Waals surface area contributed by atoms with Crippen molar-refractivity contribution in [1.82, 2.24) is 4.90 Å². The highest BCUT2D eigenvalue weighted by Crippen LogP contribution is 2.30. The normalized spacial score (nSPS) is 18.3.